The lowest BCUT2D eigenvalue weighted by atomic mass is 10.2. The van der Waals surface area contributed by atoms with E-state index in [2.05, 4.69) is 20.8 Å². The zero-order valence-corrected chi connectivity index (χ0v) is 11.1. The molecular weight excluding hydrogens is 256 g/mol. The van der Waals surface area contributed by atoms with Gasteiger partial charge in [-0.1, -0.05) is 30.3 Å². The topological polar surface area (TPSA) is 75.9 Å². The Morgan fingerprint density at radius 3 is 2.70 bits per heavy atom. The first kappa shape index (κ1) is 12.7. The first-order valence-electron chi connectivity index (χ1n) is 6.64. The van der Waals surface area contributed by atoms with E-state index in [0.717, 1.165) is 31.7 Å². The van der Waals surface area contributed by atoms with E-state index in [4.69, 9.17) is 0 Å². The Kier molecular flexibility index (Phi) is 3.69. The molecule has 1 amide bonds. The van der Waals surface area contributed by atoms with Crippen LogP contribution in [0.2, 0.25) is 0 Å². The van der Waals surface area contributed by atoms with Crippen LogP contribution in [0.5, 0.6) is 0 Å². The number of rotatable bonds is 3. The lowest BCUT2D eigenvalue weighted by Crippen LogP contribution is -2.47. The SMILES string of the molecule is O=C(Cn1nnnc1-c1ccccc1)N1CCNCC1. The summed E-state index contributed by atoms with van der Waals surface area (Å²) in [6, 6.07) is 9.64. The Labute approximate surface area is 116 Å². The smallest absolute Gasteiger partial charge is 0.244 e. The molecule has 104 valence electrons. The van der Waals surface area contributed by atoms with Crippen LogP contribution in [-0.2, 0) is 11.3 Å². The molecular formula is C13H16N6O. The van der Waals surface area contributed by atoms with Crippen LogP contribution < -0.4 is 5.32 Å². The molecule has 0 spiro atoms. The Bertz CT molecular complexity index is 576. The Morgan fingerprint density at radius 1 is 1.20 bits per heavy atom. The molecule has 0 unspecified atom stereocenters. The minimum Gasteiger partial charge on any atom is -0.339 e. The van der Waals surface area contributed by atoms with E-state index in [-0.39, 0.29) is 12.5 Å². The molecule has 7 heteroatoms. The number of aromatic nitrogens is 4. The van der Waals surface area contributed by atoms with Crippen molar-refractivity contribution in [3.05, 3.63) is 30.3 Å². The lowest BCUT2D eigenvalue weighted by molar-refractivity contribution is -0.132. The van der Waals surface area contributed by atoms with Crippen molar-refractivity contribution in [3.8, 4) is 11.4 Å². The molecule has 20 heavy (non-hydrogen) atoms. The highest BCUT2D eigenvalue weighted by Gasteiger charge is 2.19. The molecule has 1 fully saturated rings. The second-order valence-electron chi connectivity index (χ2n) is 4.66. The van der Waals surface area contributed by atoms with Crippen LogP contribution in [0.3, 0.4) is 0 Å². The van der Waals surface area contributed by atoms with Crippen LogP contribution in [0, 0.1) is 0 Å². The van der Waals surface area contributed by atoms with Gasteiger partial charge in [0.2, 0.25) is 5.91 Å². The maximum Gasteiger partial charge on any atom is 0.244 e. The van der Waals surface area contributed by atoms with Crippen LogP contribution in [-0.4, -0.2) is 57.2 Å². The zero-order valence-electron chi connectivity index (χ0n) is 11.1. The quantitative estimate of drug-likeness (QED) is 0.835. The Hall–Kier alpha value is -2.28. The molecule has 1 aliphatic rings. The van der Waals surface area contributed by atoms with Gasteiger partial charge in [0.05, 0.1) is 0 Å². The molecule has 0 saturated carbocycles. The fourth-order valence-corrected chi connectivity index (χ4v) is 2.25. The summed E-state index contributed by atoms with van der Waals surface area (Å²) in [4.78, 5) is 14.1. The van der Waals surface area contributed by atoms with E-state index < -0.39 is 0 Å². The highest BCUT2D eigenvalue weighted by Crippen LogP contribution is 2.14. The standard InChI is InChI=1S/C13H16N6O/c20-12(18-8-6-14-7-9-18)10-19-13(15-16-17-19)11-4-2-1-3-5-11/h1-5,14H,6-10H2. The number of nitrogens with zero attached hydrogens (tertiary/aromatic N) is 5. The number of benzene rings is 1. The van der Waals surface area contributed by atoms with Crippen LogP contribution >= 0.6 is 0 Å². The van der Waals surface area contributed by atoms with Crippen molar-refractivity contribution in [2.45, 2.75) is 6.54 Å². The van der Waals surface area contributed by atoms with E-state index in [1.807, 2.05) is 35.2 Å². The van der Waals surface area contributed by atoms with Gasteiger partial charge in [-0.05, 0) is 10.4 Å². The molecule has 1 N–H and O–H groups in total. The fourth-order valence-electron chi connectivity index (χ4n) is 2.25. The number of hydrogen-bond donors (Lipinski definition) is 1. The van der Waals surface area contributed by atoms with Gasteiger partial charge in [-0.25, -0.2) is 4.68 Å². The van der Waals surface area contributed by atoms with Gasteiger partial charge in [0, 0.05) is 31.7 Å². The molecule has 0 bridgehead atoms. The largest absolute Gasteiger partial charge is 0.339 e. The zero-order chi connectivity index (χ0) is 13.8. The molecule has 1 saturated heterocycles. The van der Waals surface area contributed by atoms with E-state index in [9.17, 15) is 4.79 Å². The van der Waals surface area contributed by atoms with Crippen molar-refractivity contribution in [1.82, 2.24) is 30.4 Å². The van der Waals surface area contributed by atoms with E-state index in [1.54, 1.807) is 4.68 Å². The number of nitrogens with one attached hydrogen (secondary N) is 1. The predicted molar refractivity (Wildman–Crippen MR) is 72.7 cm³/mol. The van der Waals surface area contributed by atoms with Gasteiger partial charge in [-0.3, -0.25) is 4.79 Å². The van der Waals surface area contributed by atoms with Gasteiger partial charge < -0.3 is 10.2 Å². The number of carbonyl (C=O) groups is 1. The summed E-state index contributed by atoms with van der Waals surface area (Å²) < 4.78 is 1.56. The van der Waals surface area contributed by atoms with Gasteiger partial charge in [-0.15, -0.1) is 5.10 Å². The summed E-state index contributed by atoms with van der Waals surface area (Å²) in [7, 11) is 0. The third-order valence-corrected chi connectivity index (χ3v) is 3.32. The third-order valence-electron chi connectivity index (χ3n) is 3.32. The first-order valence-corrected chi connectivity index (χ1v) is 6.64. The molecule has 2 heterocycles. The fraction of sp³-hybridized carbons (Fsp3) is 0.385. The van der Waals surface area contributed by atoms with Crippen LogP contribution in [0.4, 0.5) is 0 Å². The van der Waals surface area contributed by atoms with Crippen LogP contribution in [0.15, 0.2) is 30.3 Å². The summed E-state index contributed by atoms with van der Waals surface area (Å²) in [6.45, 7) is 3.33. The molecule has 2 aromatic rings. The Morgan fingerprint density at radius 2 is 1.95 bits per heavy atom. The van der Waals surface area contributed by atoms with E-state index in [1.165, 1.54) is 0 Å². The molecule has 0 atom stereocenters. The number of piperazine rings is 1. The van der Waals surface area contributed by atoms with Crippen LogP contribution in [0.1, 0.15) is 0 Å². The number of amides is 1. The highest BCUT2D eigenvalue weighted by molar-refractivity contribution is 5.76. The predicted octanol–water partition coefficient (Wildman–Crippen LogP) is -0.228. The van der Waals surface area contributed by atoms with Gasteiger partial charge in [0.15, 0.2) is 5.82 Å². The molecule has 0 radical (unpaired) electrons. The minimum absolute atomic E-state index is 0.0518. The number of hydrogen-bond acceptors (Lipinski definition) is 5. The Balaban J connectivity index is 1.75. The molecule has 1 aliphatic heterocycles. The molecule has 0 aliphatic carbocycles. The average molecular weight is 272 g/mol. The molecule has 1 aromatic heterocycles. The highest BCUT2D eigenvalue weighted by atomic mass is 16.2. The summed E-state index contributed by atoms with van der Waals surface area (Å²) in [5.41, 5.74) is 0.908. The monoisotopic (exact) mass is 272 g/mol. The van der Waals surface area contributed by atoms with Crippen molar-refractivity contribution < 1.29 is 4.79 Å². The molecule has 1 aromatic carbocycles. The van der Waals surface area contributed by atoms with Crippen molar-refractivity contribution in [2.24, 2.45) is 0 Å². The summed E-state index contributed by atoms with van der Waals surface area (Å²) in [5.74, 6) is 0.671. The van der Waals surface area contributed by atoms with Gasteiger partial charge in [-0.2, -0.15) is 0 Å². The molecule has 7 nitrogen and oxygen atoms in total. The van der Waals surface area contributed by atoms with Gasteiger partial charge in [0.1, 0.15) is 6.54 Å². The normalized spacial score (nSPS) is 15.3. The minimum atomic E-state index is 0.0518. The van der Waals surface area contributed by atoms with Crippen molar-refractivity contribution in [1.29, 1.82) is 0 Å². The summed E-state index contributed by atoms with van der Waals surface area (Å²) in [5, 5.41) is 14.8. The second kappa shape index (κ2) is 5.79. The maximum atomic E-state index is 12.2. The average Bonchev–Trinajstić information content (AvgIpc) is 2.97. The van der Waals surface area contributed by atoms with Gasteiger partial charge >= 0.3 is 0 Å². The van der Waals surface area contributed by atoms with Gasteiger partial charge in [0.25, 0.3) is 0 Å². The third kappa shape index (κ3) is 2.67. The van der Waals surface area contributed by atoms with Crippen LogP contribution in [0.25, 0.3) is 11.4 Å². The van der Waals surface area contributed by atoms with E-state index in [0.29, 0.717) is 5.82 Å². The van der Waals surface area contributed by atoms with Crippen molar-refractivity contribution >= 4 is 5.91 Å². The summed E-state index contributed by atoms with van der Waals surface area (Å²) >= 11 is 0. The summed E-state index contributed by atoms with van der Waals surface area (Å²) in [6.07, 6.45) is 0. The molecule has 3 rings (SSSR count). The van der Waals surface area contributed by atoms with Crippen molar-refractivity contribution in [2.75, 3.05) is 26.2 Å². The first-order chi connectivity index (χ1) is 9.84. The van der Waals surface area contributed by atoms with Crippen molar-refractivity contribution in [3.63, 3.8) is 0 Å². The second-order valence-corrected chi connectivity index (χ2v) is 4.66. The number of carbonyl (C=O) groups excluding carboxylic acids is 1. The number of tetrazole rings is 1. The lowest BCUT2D eigenvalue weighted by Gasteiger charge is -2.27. The van der Waals surface area contributed by atoms with E-state index >= 15 is 0 Å². The maximum absolute atomic E-state index is 12.2.